The summed E-state index contributed by atoms with van der Waals surface area (Å²) in [5.41, 5.74) is 1.72. The van der Waals surface area contributed by atoms with Crippen molar-refractivity contribution in [3.63, 3.8) is 0 Å². The van der Waals surface area contributed by atoms with Crippen LogP contribution in [0.5, 0.6) is 5.75 Å². The van der Waals surface area contributed by atoms with Crippen molar-refractivity contribution in [2.75, 3.05) is 13.7 Å². The van der Waals surface area contributed by atoms with Gasteiger partial charge in [0.15, 0.2) is 0 Å². The average Bonchev–Trinajstić information content (AvgIpc) is 3.03. The predicted molar refractivity (Wildman–Crippen MR) is 138 cm³/mol. The molecule has 0 saturated heterocycles. The van der Waals surface area contributed by atoms with E-state index >= 15 is 0 Å². The Morgan fingerprint density at radius 3 is 2.51 bits per heavy atom. The number of fused-ring (bicyclic) bond motifs is 3. The maximum Gasteiger partial charge on any atom is 0.271 e. The number of methoxy groups -OCH3 is 1. The van der Waals surface area contributed by atoms with Gasteiger partial charge in [-0.1, -0.05) is 56.0 Å². The Labute approximate surface area is 207 Å². The molecule has 1 fully saturated rings. The second-order valence-electron chi connectivity index (χ2n) is 10.2. The Morgan fingerprint density at radius 2 is 1.80 bits per heavy atom. The highest BCUT2D eigenvalue weighted by molar-refractivity contribution is 6.03. The van der Waals surface area contributed by atoms with Crippen LogP contribution in [0, 0.1) is 0 Å². The third-order valence-electron chi connectivity index (χ3n) is 7.78. The van der Waals surface area contributed by atoms with E-state index in [1.54, 1.807) is 12.0 Å². The number of aromatic nitrogens is 1. The van der Waals surface area contributed by atoms with Crippen molar-refractivity contribution < 1.29 is 14.3 Å². The highest BCUT2D eigenvalue weighted by atomic mass is 16.5. The number of benzene rings is 2. The van der Waals surface area contributed by atoms with Crippen LogP contribution in [0.4, 0.5) is 0 Å². The first-order chi connectivity index (χ1) is 17.0. The summed E-state index contributed by atoms with van der Waals surface area (Å²) >= 11 is 0. The molecule has 1 aliphatic heterocycles. The van der Waals surface area contributed by atoms with Gasteiger partial charge in [0.2, 0.25) is 5.91 Å². The Balaban J connectivity index is 1.50. The van der Waals surface area contributed by atoms with Gasteiger partial charge in [-0.3, -0.25) is 9.59 Å². The molecule has 0 bridgehead atoms. The molecule has 3 aromatic rings. The molecule has 6 heteroatoms. The second kappa shape index (κ2) is 9.76. The molecule has 184 valence electrons. The minimum absolute atomic E-state index is 0.0544. The zero-order chi connectivity index (χ0) is 24.4. The normalized spacial score (nSPS) is 21.0. The van der Waals surface area contributed by atoms with Crippen LogP contribution >= 0.6 is 0 Å². The van der Waals surface area contributed by atoms with Gasteiger partial charge in [-0.15, -0.1) is 0 Å². The Kier molecular flexibility index (Phi) is 6.54. The molecule has 2 amide bonds. The third-order valence-corrected chi connectivity index (χ3v) is 7.78. The van der Waals surface area contributed by atoms with Gasteiger partial charge in [-0.25, -0.2) is 0 Å². The van der Waals surface area contributed by atoms with Gasteiger partial charge < -0.3 is 19.5 Å². The SMILES string of the molecule is COc1ccc2cc3n(c2c1)CC(C)(C(=O)NC1CCCCCC1)N(CCc1ccccc1)C3=O. The van der Waals surface area contributed by atoms with Gasteiger partial charge in [-0.2, -0.15) is 0 Å². The molecule has 0 radical (unpaired) electrons. The molecule has 2 heterocycles. The number of carbonyl (C=O) groups is 2. The highest BCUT2D eigenvalue weighted by Gasteiger charge is 2.47. The number of rotatable bonds is 6. The Bertz CT molecular complexity index is 1210. The monoisotopic (exact) mass is 473 g/mol. The lowest BCUT2D eigenvalue weighted by Gasteiger charge is -2.44. The maximum absolute atomic E-state index is 13.9. The van der Waals surface area contributed by atoms with E-state index in [0.29, 0.717) is 25.2 Å². The van der Waals surface area contributed by atoms with Crippen molar-refractivity contribution in [1.29, 1.82) is 0 Å². The third kappa shape index (κ3) is 4.54. The zero-order valence-electron chi connectivity index (χ0n) is 20.8. The van der Waals surface area contributed by atoms with Crippen LogP contribution in [0.2, 0.25) is 0 Å². The molecule has 0 spiro atoms. The van der Waals surface area contributed by atoms with Crippen LogP contribution in [-0.4, -0.2) is 46.5 Å². The van der Waals surface area contributed by atoms with Crippen molar-refractivity contribution in [1.82, 2.24) is 14.8 Å². The summed E-state index contributed by atoms with van der Waals surface area (Å²) in [7, 11) is 1.64. The largest absolute Gasteiger partial charge is 0.497 e. The number of hydrogen-bond acceptors (Lipinski definition) is 3. The molecule has 6 nitrogen and oxygen atoms in total. The fourth-order valence-corrected chi connectivity index (χ4v) is 5.66. The van der Waals surface area contributed by atoms with E-state index in [1.165, 1.54) is 12.8 Å². The fourth-order valence-electron chi connectivity index (χ4n) is 5.66. The Hall–Kier alpha value is -3.28. The van der Waals surface area contributed by atoms with Gasteiger partial charge in [0.05, 0.1) is 19.2 Å². The van der Waals surface area contributed by atoms with E-state index in [1.807, 2.05) is 54.0 Å². The van der Waals surface area contributed by atoms with Crippen LogP contribution in [0.3, 0.4) is 0 Å². The van der Waals surface area contributed by atoms with Gasteiger partial charge in [0.25, 0.3) is 5.91 Å². The maximum atomic E-state index is 13.9. The first kappa shape index (κ1) is 23.5. The zero-order valence-corrected chi connectivity index (χ0v) is 20.8. The highest BCUT2D eigenvalue weighted by Crippen LogP contribution is 2.34. The number of ether oxygens (including phenoxy) is 1. The fraction of sp³-hybridized carbons (Fsp3) is 0.448. The van der Waals surface area contributed by atoms with E-state index in [9.17, 15) is 9.59 Å². The van der Waals surface area contributed by atoms with Crippen molar-refractivity contribution >= 4 is 22.7 Å². The van der Waals surface area contributed by atoms with Gasteiger partial charge in [-0.05, 0) is 49.9 Å². The minimum atomic E-state index is -0.986. The summed E-state index contributed by atoms with van der Waals surface area (Å²) < 4.78 is 7.45. The summed E-state index contributed by atoms with van der Waals surface area (Å²) in [6.07, 6.45) is 7.46. The summed E-state index contributed by atoms with van der Waals surface area (Å²) in [4.78, 5) is 29.6. The molecule has 1 aromatic heterocycles. The topological polar surface area (TPSA) is 63.6 Å². The smallest absolute Gasteiger partial charge is 0.271 e. The molecule has 5 rings (SSSR count). The molecule has 1 saturated carbocycles. The van der Waals surface area contributed by atoms with Crippen molar-refractivity contribution in [3.05, 3.63) is 65.9 Å². The van der Waals surface area contributed by atoms with E-state index < -0.39 is 5.54 Å². The molecule has 35 heavy (non-hydrogen) atoms. The summed E-state index contributed by atoms with van der Waals surface area (Å²) in [5.74, 6) is 0.587. The molecule has 1 unspecified atom stereocenters. The number of nitrogens with zero attached hydrogens (tertiary/aromatic N) is 2. The molecule has 2 aliphatic rings. The molecule has 2 aromatic carbocycles. The Morgan fingerprint density at radius 1 is 1.06 bits per heavy atom. The van der Waals surface area contributed by atoms with E-state index in [2.05, 4.69) is 17.4 Å². The lowest BCUT2D eigenvalue weighted by Crippen LogP contribution is -2.65. The van der Waals surface area contributed by atoms with Crippen LogP contribution in [0.25, 0.3) is 10.9 Å². The van der Waals surface area contributed by atoms with Gasteiger partial charge >= 0.3 is 0 Å². The van der Waals surface area contributed by atoms with Crippen molar-refractivity contribution in [3.8, 4) is 5.75 Å². The minimum Gasteiger partial charge on any atom is -0.497 e. The van der Waals surface area contributed by atoms with E-state index in [-0.39, 0.29) is 17.9 Å². The summed E-state index contributed by atoms with van der Waals surface area (Å²) in [6, 6.07) is 18.1. The van der Waals surface area contributed by atoms with Crippen molar-refractivity contribution in [2.24, 2.45) is 0 Å². The van der Waals surface area contributed by atoms with Crippen LogP contribution in [0.1, 0.15) is 61.5 Å². The summed E-state index contributed by atoms with van der Waals surface area (Å²) in [5, 5.41) is 4.32. The second-order valence-corrected chi connectivity index (χ2v) is 10.2. The number of amides is 2. The number of nitrogens with one attached hydrogen (secondary N) is 1. The van der Waals surface area contributed by atoms with Crippen LogP contribution in [-0.2, 0) is 17.8 Å². The quantitative estimate of drug-likeness (QED) is 0.516. The van der Waals surface area contributed by atoms with Crippen LogP contribution < -0.4 is 10.1 Å². The lowest BCUT2D eigenvalue weighted by atomic mass is 9.93. The van der Waals surface area contributed by atoms with E-state index in [0.717, 1.165) is 47.9 Å². The molecular weight excluding hydrogens is 438 g/mol. The number of hydrogen-bond donors (Lipinski definition) is 1. The number of carbonyl (C=O) groups excluding carboxylic acids is 2. The standard InChI is InChI=1S/C29H35N3O3/c1-29(28(34)30-23-12-8-3-4-9-13-23)20-31-25-19-24(35-2)15-14-22(25)18-26(31)27(33)32(29)17-16-21-10-6-5-7-11-21/h5-7,10-11,14-15,18-19,23H,3-4,8-9,12-13,16-17,20H2,1-2H3,(H,30,34). The van der Waals surface area contributed by atoms with E-state index in [4.69, 9.17) is 4.74 Å². The summed E-state index contributed by atoms with van der Waals surface area (Å²) in [6.45, 7) is 2.83. The lowest BCUT2D eigenvalue weighted by molar-refractivity contribution is -0.133. The molecule has 1 N–H and O–H groups in total. The molecule has 1 aliphatic carbocycles. The molecular formula is C29H35N3O3. The average molecular weight is 474 g/mol. The predicted octanol–water partition coefficient (Wildman–Crippen LogP) is 4.95. The van der Waals surface area contributed by atoms with Gasteiger partial charge in [0.1, 0.15) is 17.0 Å². The first-order valence-electron chi connectivity index (χ1n) is 12.8. The van der Waals surface area contributed by atoms with Gasteiger partial charge in [0, 0.05) is 24.0 Å². The van der Waals surface area contributed by atoms with Crippen LogP contribution in [0.15, 0.2) is 54.6 Å². The molecule has 1 atom stereocenters. The first-order valence-corrected chi connectivity index (χ1v) is 12.8. The van der Waals surface area contributed by atoms with Crippen molar-refractivity contribution in [2.45, 2.75) is 70.0 Å².